The quantitative estimate of drug-likeness (QED) is 0.0973. The highest BCUT2D eigenvalue weighted by atomic mass is 16.5. The van der Waals surface area contributed by atoms with Crippen LogP contribution in [0.2, 0.25) is 0 Å². The number of carbonyl (C=O) groups excluding carboxylic acids is 4. The van der Waals surface area contributed by atoms with Crippen LogP contribution in [0.4, 0.5) is 4.79 Å². The Morgan fingerprint density at radius 1 is 0.625 bits per heavy atom. The number of carbonyl (C=O) groups is 4. The first kappa shape index (κ1) is 34.7. The summed E-state index contributed by atoms with van der Waals surface area (Å²) in [6.07, 6.45) is 0.233. The summed E-state index contributed by atoms with van der Waals surface area (Å²) in [5.41, 5.74) is 6.18. The number of ether oxygens (including phenoxy) is 5. The van der Waals surface area contributed by atoms with Gasteiger partial charge in [0.25, 0.3) is 0 Å². The Kier molecular flexibility index (Phi) is 21.5. The number of nitrogens with two attached hydrogens (primary N) is 1. The molecule has 0 atom stereocenters. The third kappa shape index (κ3) is 21.6. The van der Waals surface area contributed by atoms with Crippen molar-refractivity contribution in [1.82, 2.24) is 21.3 Å². The number of amides is 4. The summed E-state index contributed by atoms with van der Waals surface area (Å²) in [5.74, 6) is -0.646. The number of benzene rings is 1. The van der Waals surface area contributed by atoms with Gasteiger partial charge in [-0.2, -0.15) is 0 Å². The standard InChI is InChI=1S/C26H43N5O9/c27-8-10-28-24(33)20-38-17-16-37-14-12-30-25(34)21-39-18-15-36-13-11-29-23(32)7-4-9-31-26(35)40-19-22-5-2-1-3-6-22/h1-3,5-6H,4,7-21,27H2,(H,28,33)(H,29,32)(H,30,34)(H,31,35). The summed E-state index contributed by atoms with van der Waals surface area (Å²) in [6, 6.07) is 9.36. The summed E-state index contributed by atoms with van der Waals surface area (Å²) < 4.78 is 26.1. The Balaban J connectivity index is 1.82. The summed E-state index contributed by atoms with van der Waals surface area (Å²) in [7, 11) is 0. The van der Waals surface area contributed by atoms with Gasteiger partial charge in [0.1, 0.15) is 19.8 Å². The topological polar surface area (TPSA) is 189 Å². The van der Waals surface area contributed by atoms with Crippen molar-refractivity contribution in [1.29, 1.82) is 0 Å². The second-order valence-corrected chi connectivity index (χ2v) is 8.26. The minimum Gasteiger partial charge on any atom is -0.445 e. The maximum Gasteiger partial charge on any atom is 0.407 e. The smallest absolute Gasteiger partial charge is 0.407 e. The van der Waals surface area contributed by atoms with E-state index < -0.39 is 6.09 Å². The molecule has 0 aliphatic rings. The highest BCUT2D eigenvalue weighted by Gasteiger charge is 2.05. The SMILES string of the molecule is NCCNC(=O)COCCOCCNC(=O)COCCOCCNC(=O)CCCNC(=O)OCc1ccccc1. The van der Waals surface area contributed by atoms with Crippen LogP contribution >= 0.6 is 0 Å². The summed E-state index contributed by atoms with van der Waals surface area (Å²) in [5, 5.41) is 10.6. The van der Waals surface area contributed by atoms with Crippen molar-refractivity contribution in [2.45, 2.75) is 19.4 Å². The van der Waals surface area contributed by atoms with Gasteiger partial charge in [-0.1, -0.05) is 30.3 Å². The highest BCUT2D eigenvalue weighted by Crippen LogP contribution is 2.00. The molecule has 0 radical (unpaired) electrons. The summed E-state index contributed by atoms with van der Waals surface area (Å²) in [4.78, 5) is 46.5. The second-order valence-electron chi connectivity index (χ2n) is 8.26. The average Bonchev–Trinajstić information content (AvgIpc) is 2.96. The lowest BCUT2D eigenvalue weighted by molar-refractivity contribution is -0.127. The van der Waals surface area contributed by atoms with E-state index in [1.54, 1.807) is 0 Å². The fraction of sp³-hybridized carbons (Fsp3) is 0.615. The molecule has 6 N–H and O–H groups in total. The van der Waals surface area contributed by atoms with E-state index in [1.165, 1.54) is 0 Å². The Labute approximate surface area is 234 Å². The van der Waals surface area contributed by atoms with Crippen LogP contribution in [0.15, 0.2) is 30.3 Å². The van der Waals surface area contributed by atoms with Gasteiger partial charge in [-0.05, 0) is 12.0 Å². The Hall–Kier alpha value is -3.30. The lowest BCUT2D eigenvalue weighted by atomic mass is 10.2. The Bertz CT molecular complexity index is 830. The van der Waals surface area contributed by atoms with E-state index in [4.69, 9.17) is 29.4 Å². The van der Waals surface area contributed by atoms with Crippen molar-refractivity contribution < 1.29 is 42.9 Å². The van der Waals surface area contributed by atoms with E-state index in [0.717, 1.165) is 5.56 Å². The van der Waals surface area contributed by atoms with E-state index in [1.807, 2.05) is 30.3 Å². The number of nitrogens with one attached hydrogen (secondary N) is 4. The maximum absolute atomic E-state index is 11.8. The zero-order valence-electron chi connectivity index (χ0n) is 23.0. The van der Waals surface area contributed by atoms with Crippen molar-refractivity contribution in [2.75, 3.05) is 85.6 Å². The molecule has 0 saturated carbocycles. The predicted molar refractivity (Wildman–Crippen MR) is 145 cm³/mol. The van der Waals surface area contributed by atoms with Gasteiger partial charge in [0, 0.05) is 39.1 Å². The summed E-state index contributed by atoms with van der Waals surface area (Å²) in [6.45, 7) is 3.54. The van der Waals surface area contributed by atoms with Gasteiger partial charge in [0.2, 0.25) is 17.7 Å². The molecule has 0 fully saturated rings. The van der Waals surface area contributed by atoms with E-state index in [-0.39, 0.29) is 63.8 Å². The minimum absolute atomic E-state index is 0.0508. The zero-order chi connectivity index (χ0) is 29.1. The van der Waals surface area contributed by atoms with Gasteiger partial charge in [0.15, 0.2) is 0 Å². The van der Waals surface area contributed by atoms with Gasteiger partial charge < -0.3 is 50.7 Å². The number of hydrogen-bond acceptors (Lipinski definition) is 10. The molecule has 226 valence electrons. The third-order valence-electron chi connectivity index (χ3n) is 4.88. The third-order valence-corrected chi connectivity index (χ3v) is 4.88. The Morgan fingerprint density at radius 3 is 1.77 bits per heavy atom. The molecule has 1 aromatic rings. The van der Waals surface area contributed by atoms with Crippen molar-refractivity contribution >= 4 is 23.8 Å². The molecule has 14 heteroatoms. The van der Waals surface area contributed by atoms with E-state index in [9.17, 15) is 19.2 Å². The van der Waals surface area contributed by atoms with Gasteiger partial charge in [-0.3, -0.25) is 14.4 Å². The molecule has 0 aromatic heterocycles. The molecule has 0 heterocycles. The predicted octanol–water partition coefficient (Wildman–Crippen LogP) is -0.933. The normalized spacial score (nSPS) is 10.5. The maximum atomic E-state index is 11.8. The number of alkyl carbamates (subject to hydrolysis) is 1. The van der Waals surface area contributed by atoms with Gasteiger partial charge in [-0.25, -0.2) is 4.79 Å². The van der Waals surface area contributed by atoms with E-state index >= 15 is 0 Å². The largest absolute Gasteiger partial charge is 0.445 e. The average molecular weight is 570 g/mol. The van der Waals surface area contributed by atoms with Crippen molar-refractivity contribution in [3.63, 3.8) is 0 Å². The highest BCUT2D eigenvalue weighted by molar-refractivity contribution is 5.77. The van der Waals surface area contributed by atoms with E-state index in [2.05, 4.69) is 21.3 Å². The van der Waals surface area contributed by atoms with Crippen LogP contribution in [0.25, 0.3) is 0 Å². The van der Waals surface area contributed by atoms with Crippen molar-refractivity contribution in [2.24, 2.45) is 5.73 Å². The second kappa shape index (κ2) is 24.7. The molecule has 0 saturated heterocycles. The number of hydrogen-bond donors (Lipinski definition) is 5. The molecule has 14 nitrogen and oxygen atoms in total. The molecule has 1 rings (SSSR count). The fourth-order valence-electron chi connectivity index (χ4n) is 2.91. The van der Waals surface area contributed by atoms with Gasteiger partial charge in [-0.15, -0.1) is 0 Å². The number of rotatable bonds is 24. The summed E-state index contributed by atoms with van der Waals surface area (Å²) >= 11 is 0. The molecule has 0 spiro atoms. The molecule has 1 aromatic carbocycles. The minimum atomic E-state index is -0.521. The lowest BCUT2D eigenvalue weighted by Crippen LogP contribution is -2.32. The lowest BCUT2D eigenvalue weighted by Gasteiger charge is -2.09. The molecule has 40 heavy (non-hydrogen) atoms. The van der Waals surface area contributed by atoms with Gasteiger partial charge in [0.05, 0.1) is 39.6 Å². The van der Waals surface area contributed by atoms with Crippen molar-refractivity contribution in [3.05, 3.63) is 35.9 Å². The molecule has 0 aliphatic carbocycles. The monoisotopic (exact) mass is 569 g/mol. The van der Waals surface area contributed by atoms with Crippen LogP contribution in [0.3, 0.4) is 0 Å². The molecule has 0 bridgehead atoms. The van der Waals surface area contributed by atoms with Crippen LogP contribution in [0, 0.1) is 0 Å². The van der Waals surface area contributed by atoms with Crippen molar-refractivity contribution in [3.8, 4) is 0 Å². The zero-order valence-corrected chi connectivity index (χ0v) is 23.0. The van der Waals surface area contributed by atoms with Crippen LogP contribution in [0.5, 0.6) is 0 Å². The van der Waals surface area contributed by atoms with Crippen LogP contribution in [-0.2, 0) is 44.7 Å². The first-order valence-corrected chi connectivity index (χ1v) is 13.3. The first-order chi connectivity index (χ1) is 19.5. The molecule has 0 unspecified atom stereocenters. The Morgan fingerprint density at radius 2 is 1.18 bits per heavy atom. The van der Waals surface area contributed by atoms with E-state index in [0.29, 0.717) is 59.0 Å². The molecular weight excluding hydrogens is 526 g/mol. The first-order valence-electron chi connectivity index (χ1n) is 13.3. The van der Waals surface area contributed by atoms with Crippen LogP contribution < -0.4 is 27.0 Å². The van der Waals surface area contributed by atoms with Crippen LogP contribution in [0.1, 0.15) is 18.4 Å². The van der Waals surface area contributed by atoms with Gasteiger partial charge >= 0.3 is 6.09 Å². The fourth-order valence-corrected chi connectivity index (χ4v) is 2.91. The molecule has 0 aliphatic heterocycles. The van der Waals surface area contributed by atoms with Crippen LogP contribution in [-0.4, -0.2) is 109 Å². The molecular formula is C26H43N5O9. The molecule has 4 amide bonds.